The number of rotatable bonds is 3. The van der Waals surface area contributed by atoms with E-state index in [-0.39, 0.29) is 6.41 Å². The topological polar surface area (TPSA) is 89.6 Å². The van der Waals surface area contributed by atoms with Crippen molar-refractivity contribution >= 4 is 12.4 Å². The van der Waals surface area contributed by atoms with Gasteiger partial charge in [-0.15, -0.1) is 0 Å². The lowest BCUT2D eigenvalue weighted by Gasteiger charge is -2.09. The smallest absolute Gasteiger partial charge is 0.337 e. The van der Waals surface area contributed by atoms with Gasteiger partial charge < -0.3 is 15.6 Å². The normalized spacial score (nSPS) is 10.7. The number of primary amides is 1. The van der Waals surface area contributed by atoms with Crippen LogP contribution in [-0.4, -0.2) is 24.6 Å². The molecule has 3 N–H and O–H groups in total. The lowest BCUT2D eigenvalue weighted by atomic mass is 10.1. The number of carbonyl (C=O) groups excluding carboxylic acids is 1. The summed E-state index contributed by atoms with van der Waals surface area (Å²) >= 11 is 0. The molecule has 0 bridgehead atoms. The van der Waals surface area contributed by atoms with Crippen LogP contribution < -0.4 is 5.73 Å². The summed E-state index contributed by atoms with van der Waals surface area (Å²) in [5, 5.41) is 8.70. The zero-order valence-electron chi connectivity index (χ0n) is 8.29. The van der Waals surface area contributed by atoms with Crippen molar-refractivity contribution in [2.45, 2.75) is 6.10 Å². The van der Waals surface area contributed by atoms with Gasteiger partial charge in [0.1, 0.15) is 0 Å². The maximum absolute atomic E-state index is 10.6. The lowest BCUT2D eigenvalue weighted by Crippen LogP contribution is -2.12. The minimum atomic E-state index is -0.969. The van der Waals surface area contributed by atoms with Gasteiger partial charge in [0.2, 0.25) is 6.41 Å². The third-order valence-corrected chi connectivity index (χ3v) is 1.56. The van der Waals surface area contributed by atoms with Crippen molar-refractivity contribution < 1.29 is 19.4 Å². The Labute approximate surface area is 87.5 Å². The van der Waals surface area contributed by atoms with Gasteiger partial charge in [-0.05, 0) is 5.56 Å². The SMILES string of the molecule is COC(C(=O)O)c1ccccc1.NC=O. The number of aliphatic carboxylic acids is 1. The maximum atomic E-state index is 10.6. The molecule has 5 heteroatoms. The molecule has 0 heterocycles. The molecular formula is C10H13NO4. The molecule has 0 saturated heterocycles. The van der Waals surface area contributed by atoms with Crippen LogP contribution in [0.2, 0.25) is 0 Å². The number of nitrogens with two attached hydrogens (primary N) is 1. The molecule has 1 atom stereocenters. The first-order valence-electron chi connectivity index (χ1n) is 4.13. The van der Waals surface area contributed by atoms with Crippen LogP contribution in [0.5, 0.6) is 0 Å². The predicted octanol–water partition coefficient (Wildman–Crippen LogP) is 0.560. The number of amides is 1. The van der Waals surface area contributed by atoms with Crippen LogP contribution in [-0.2, 0) is 14.3 Å². The Kier molecular flexibility index (Phi) is 6.57. The van der Waals surface area contributed by atoms with E-state index in [0.29, 0.717) is 5.56 Å². The number of benzene rings is 1. The highest BCUT2D eigenvalue weighted by atomic mass is 16.5. The summed E-state index contributed by atoms with van der Waals surface area (Å²) in [7, 11) is 1.38. The molecule has 1 unspecified atom stereocenters. The summed E-state index contributed by atoms with van der Waals surface area (Å²) in [5.41, 5.74) is 4.83. The van der Waals surface area contributed by atoms with Crippen molar-refractivity contribution in [2.75, 3.05) is 7.11 Å². The van der Waals surface area contributed by atoms with Gasteiger partial charge in [-0.2, -0.15) is 0 Å². The highest BCUT2D eigenvalue weighted by Gasteiger charge is 2.17. The molecule has 1 aromatic rings. The van der Waals surface area contributed by atoms with Crippen LogP contribution in [0.25, 0.3) is 0 Å². The zero-order valence-corrected chi connectivity index (χ0v) is 8.29. The van der Waals surface area contributed by atoms with Gasteiger partial charge in [-0.1, -0.05) is 30.3 Å². The Morgan fingerprint density at radius 2 is 1.93 bits per heavy atom. The van der Waals surface area contributed by atoms with Crippen LogP contribution in [0.4, 0.5) is 0 Å². The van der Waals surface area contributed by atoms with Crippen LogP contribution >= 0.6 is 0 Å². The standard InChI is InChI=1S/C9H10O3.CH3NO/c1-12-8(9(10)11)7-5-3-2-4-6-7;2-1-3/h2-6,8H,1H3,(H,10,11);1H,(H2,2,3). The number of carboxylic acids is 1. The Bertz CT molecular complexity index is 300. The highest BCUT2D eigenvalue weighted by Crippen LogP contribution is 2.15. The molecule has 1 amide bonds. The van der Waals surface area contributed by atoms with E-state index in [1.165, 1.54) is 7.11 Å². The number of ether oxygens (including phenoxy) is 1. The van der Waals surface area contributed by atoms with Gasteiger partial charge in [0.25, 0.3) is 0 Å². The molecule has 82 valence electrons. The molecule has 0 fully saturated rings. The molecule has 0 aromatic heterocycles. The summed E-state index contributed by atoms with van der Waals surface area (Å²) in [6, 6.07) is 8.84. The average molecular weight is 211 g/mol. The van der Waals surface area contributed by atoms with Crippen LogP contribution in [0, 0.1) is 0 Å². The fourth-order valence-corrected chi connectivity index (χ4v) is 1.01. The fraction of sp³-hybridized carbons (Fsp3) is 0.200. The molecule has 1 aromatic carbocycles. The first-order chi connectivity index (χ1) is 7.17. The van der Waals surface area contributed by atoms with E-state index in [1.807, 2.05) is 6.07 Å². The molecule has 0 aliphatic carbocycles. The van der Waals surface area contributed by atoms with Crippen molar-refractivity contribution in [3.63, 3.8) is 0 Å². The molecule has 1 rings (SSSR count). The maximum Gasteiger partial charge on any atom is 0.337 e. The third kappa shape index (κ3) is 4.78. The molecule has 0 saturated carbocycles. The molecular weight excluding hydrogens is 198 g/mol. The van der Waals surface area contributed by atoms with Gasteiger partial charge in [0, 0.05) is 7.11 Å². The van der Waals surface area contributed by atoms with Crippen molar-refractivity contribution in [2.24, 2.45) is 5.73 Å². The second-order valence-corrected chi connectivity index (χ2v) is 2.50. The number of hydrogen-bond donors (Lipinski definition) is 2. The van der Waals surface area contributed by atoms with Crippen LogP contribution in [0.1, 0.15) is 11.7 Å². The zero-order chi connectivity index (χ0) is 11.7. The fourth-order valence-electron chi connectivity index (χ4n) is 1.01. The molecule has 5 nitrogen and oxygen atoms in total. The quantitative estimate of drug-likeness (QED) is 0.715. The average Bonchev–Trinajstić information content (AvgIpc) is 2.21. The summed E-state index contributed by atoms with van der Waals surface area (Å²) in [6.07, 6.45) is -0.605. The summed E-state index contributed by atoms with van der Waals surface area (Å²) < 4.78 is 4.80. The van der Waals surface area contributed by atoms with E-state index in [4.69, 9.17) is 14.6 Å². The highest BCUT2D eigenvalue weighted by molar-refractivity contribution is 5.74. The van der Waals surface area contributed by atoms with E-state index in [0.717, 1.165) is 0 Å². The minimum absolute atomic E-state index is 0.250. The van der Waals surface area contributed by atoms with E-state index >= 15 is 0 Å². The first-order valence-corrected chi connectivity index (χ1v) is 4.13. The molecule has 0 aliphatic rings. The summed E-state index contributed by atoms with van der Waals surface area (Å²) in [6.45, 7) is 0. The van der Waals surface area contributed by atoms with Gasteiger partial charge in [-0.25, -0.2) is 4.79 Å². The largest absolute Gasteiger partial charge is 0.479 e. The van der Waals surface area contributed by atoms with Gasteiger partial charge in [-0.3, -0.25) is 4.79 Å². The molecule has 0 radical (unpaired) electrons. The third-order valence-electron chi connectivity index (χ3n) is 1.56. The second-order valence-electron chi connectivity index (χ2n) is 2.50. The molecule has 0 aliphatic heterocycles. The number of methoxy groups -OCH3 is 1. The first kappa shape index (κ1) is 13.1. The number of hydrogen-bond acceptors (Lipinski definition) is 3. The second kappa shape index (κ2) is 7.52. The van der Waals surface area contributed by atoms with Gasteiger partial charge >= 0.3 is 5.97 Å². The van der Waals surface area contributed by atoms with Gasteiger partial charge in [0.05, 0.1) is 0 Å². The summed E-state index contributed by atoms with van der Waals surface area (Å²) in [5.74, 6) is -0.969. The Hall–Kier alpha value is -1.88. The Morgan fingerprint density at radius 1 is 1.47 bits per heavy atom. The van der Waals surface area contributed by atoms with E-state index in [1.54, 1.807) is 24.3 Å². The Morgan fingerprint density at radius 3 is 2.27 bits per heavy atom. The monoisotopic (exact) mass is 211 g/mol. The van der Waals surface area contributed by atoms with Crippen LogP contribution in [0.3, 0.4) is 0 Å². The van der Waals surface area contributed by atoms with Crippen molar-refractivity contribution in [3.8, 4) is 0 Å². The minimum Gasteiger partial charge on any atom is -0.479 e. The van der Waals surface area contributed by atoms with Crippen molar-refractivity contribution in [1.82, 2.24) is 0 Å². The Balaban J connectivity index is 0.000000583. The molecule has 15 heavy (non-hydrogen) atoms. The van der Waals surface area contributed by atoms with Crippen molar-refractivity contribution in [1.29, 1.82) is 0 Å². The molecule has 0 spiro atoms. The van der Waals surface area contributed by atoms with E-state index in [2.05, 4.69) is 5.73 Å². The van der Waals surface area contributed by atoms with Crippen LogP contribution in [0.15, 0.2) is 30.3 Å². The van der Waals surface area contributed by atoms with Gasteiger partial charge in [0.15, 0.2) is 6.10 Å². The number of carbonyl (C=O) groups is 2. The number of carboxylic acid groups (broad SMARTS) is 1. The van der Waals surface area contributed by atoms with E-state index in [9.17, 15) is 4.79 Å². The lowest BCUT2D eigenvalue weighted by molar-refractivity contribution is -0.148. The predicted molar refractivity (Wildman–Crippen MR) is 54.1 cm³/mol. The van der Waals surface area contributed by atoms with Crippen molar-refractivity contribution in [3.05, 3.63) is 35.9 Å². The summed E-state index contributed by atoms with van der Waals surface area (Å²) in [4.78, 5) is 19.2. The van der Waals surface area contributed by atoms with E-state index < -0.39 is 12.1 Å².